The fraction of sp³-hybridized carbons (Fsp3) is 0.376. The smallest absolute Gasteiger partial charge is 0.410 e. The van der Waals surface area contributed by atoms with Crippen molar-refractivity contribution in [1.82, 2.24) is 94.9 Å². The van der Waals surface area contributed by atoms with Gasteiger partial charge in [-0.05, 0) is 165 Å². The first-order valence-corrected chi connectivity index (χ1v) is 42.5. The van der Waals surface area contributed by atoms with Crippen LogP contribution in [0.15, 0.2) is 218 Å². The zero-order valence-corrected chi connectivity index (χ0v) is 70.7. The summed E-state index contributed by atoms with van der Waals surface area (Å²) in [5.41, 5.74) is 4.91. The highest BCUT2D eigenvalue weighted by atomic mass is 35.5. The van der Waals surface area contributed by atoms with Gasteiger partial charge in [0.25, 0.3) is 27.8 Å². The standard InChI is InChI=1S/C20H20ClN5O2.C16H20N4O4S.C15H18N4O2.C14H19NO3.C9H7N3O2.C6H13NO.C5H4ClNO/c1-14-6-7-16(28-19-12-15(21)8-9-22-19)13-25(14)20(27)17-4-2-3-5-18(17)26-23-10-11-24-26;1-12-7-8-13(24-25(2,22)23)11-19(12)16(21)14-5-3-4-6-15(14)20-17-9-10-18-20;1-11-6-7-12(20)10-18(11)15(21)13-4-2-3-5-14(13)19-16-8-9-17-19;1-11-7-8-13(16)9-15(11)14(17)18-10-12-5-3-2-4-6-12;13-9(14)7-3-1-2-4-8(7)12-10-5-6-11-12;1-5-2-3-6(8)4-7-5;6-4-1-2-7-5(8)3-4/h2-5,8-12,14,16H,6-7,13H2,1H3;3-6,9-10,12-13H,7-8,11H2,1-2H3;2-5,8-9,11-12,20H,6-7,10H2,1H3;2-6,11,13,16H,7-10H2,1H3;1-6H,(H,13,14);5-8H,2-4H2,1H3;1-3H,(H,7,8)/t14-,16-;12-,13+;11-,12+;11-,13+;;5-,6+;/m1111.1./s1. The van der Waals surface area contributed by atoms with Crippen molar-refractivity contribution in [3.63, 3.8) is 0 Å². The molecule has 4 amide bonds. The molecular weight excluding hydrogens is 1630 g/mol. The Labute approximate surface area is 716 Å². The summed E-state index contributed by atoms with van der Waals surface area (Å²) >= 11 is 11.4. The lowest BCUT2D eigenvalue weighted by atomic mass is 9.99. The van der Waals surface area contributed by atoms with E-state index in [1.54, 1.807) is 125 Å². The van der Waals surface area contributed by atoms with E-state index in [0.717, 1.165) is 69.7 Å². The van der Waals surface area contributed by atoms with Crippen LogP contribution in [0.2, 0.25) is 10.0 Å². The molecule has 0 spiro atoms. The van der Waals surface area contributed by atoms with Gasteiger partial charge in [0.1, 0.15) is 18.4 Å². The van der Waals surface area contributed by atoms with Crippen LogP contribution in [0.1, 0.15) is 146 Å². The van der Waals surface area contributed by atoms with Gasteiger partial charge < -0.3 is 59.8 Å². The second kappa shape index (κ2) is 45.6. The number of piperidine rings is 5. The van der Waals surface area contributed by atoms with Crippen molar-refractivity contribution < 1.29 is 66.5 Å². The van der Waals surface area contributed by atoms with Crippen molar-refractivity contribution in [3.8, 4) is 28.6 Å². The van der Waals surface area contributed by atoms with Gasteiger partial charge in [-0.3, -0.25) is 23.4 Å². The predicted octanol–water partition coefficient (Wildman–Crippen LogP) is 10.2. The third-order valence-corrected chi connectivity index (χ3v) is 21.4. The molecule has 6 N–H and O–H groups in total. The molecule has 5 aliphatic rings. The van der Waals surface area contributed by atoms with Gasteiger partial charge in [-0.25, -0.2) is 14.6 Å². The third-order valence-electron chi connectivity index (χ3n) is 20.4. The average Bonchev–Trinajstić information content (AvgIpc) is 1.02. The number of hydrogen-bond acceptors (Lipinski definition) is 24. The predicted molar refractivity (Wildman–Crippen MR) is 454 cm³/mol. The second-order valence-electron chi connectivity index (χ2n) is 29.6. The van der Waals surface area contributed by atoms with E-state index in [2.05, 4.69) is 69.9 Å². The number of nitrogens with zero attached hydrogens (tertiary/aromatic N) is 17. The number of aliphatic hydroxyl groups is 3. The molecule has 122 heavy (non-hydrogen) atoms. The fourth-order valence-corrected chi connectivity index (χ4v) is 14.8. The van der Waals surface area contributed by atoms with Gasteiger partial charge in [0.05, 0.1) is 133 Å². The van der Waals surface area contributed by atoms with Crippen molar-refractivity contribution in [2.75, 3.05) is 39.0 Å². The quantitative estimate of drug-likeness (QED) is 0.0551. The van der Waals surface area contributed by atoms with E-state index in [-0.39, 0.29) is 84.5 Å². The first kappa shape index (κ1) is 92.3. The summed E-state index contributed by atoms with van der Waals surface area (Å²) in [6.45, 7) is 12.7. The summed E-state index contributed by atoms with van der Waals surface area (Å²) in [7, 11) is -3.56. The molecule has 5 saturated heterocycles. The van der Waals surface area contributed by atoms with E-state index >= 15 is 0 Å². The Morgan fingerprint density at radius 2 is 0.836 bits per heavy atom. The number of benzene rings is 5. The highest BCUT2D eigenvalue weighted by Crippen LogP contribution is 2.29. The Kier molecular flexibility index (Phi) is 34.5. The number of nitrogens with one attached hydrogen (secondary N) is 2. The van der Waals surface area contributed by atoms with Crippen LogP contribution in [0.5, 0.6) is 5.88 Å². The maximum Gasteiger partial charge on any atom is 0.410 e. The minimum atomic E-state index is -3.56. The maximum absolute atomic E-state index is 13.3. The number of carbonyl (C=O) groups excluding carboxylic acids is 4. The molecule has 34 nitrogen and oxygen atoms in total. The lowest BCUT2D eigenvalue weighted by Crippen LogP contribution is -2.49. The molecule has 646 valence electrons. The first-order chi connectivity index (χ1) is 58.7. The van der Waals surface area contributed by atoms with Crippen LogP contribution in [-0.4, -0.2) is 248 Å². The summed E-state index contributed by atoms with van der Waals surface area (Å²) in [4.78, 5) is 91.4. The minimum absolute atomic E-state index is 0.00875. The molecule has 16 rings (SSSR count). The van der Waals surface area contributed by atoms with Gasteiger partial charge in [0.15, 0.2) is 0 Å². The molecule has 10 atom stereocenters. The second-order valence-corrected chi connectivity index (χ2v) is 32.1. The maximum atomic E-state index is 13.3. The summed E-state index contributed by atoms with van der Waals surface area (Å²) in [6, 6.07) is 45.2. The Hall–Kier alpha value is -12.0. The monoisotopic (exact) mass is 1730 g/mol. The molecule has 37 heteroatoms. The van der Waals surface area contributed by atoms with E-state index in [0.29, 0.717) is 93.9 Å². The molecule has 11 heterocycles. The zero-order chi connectivity index (χ0) is 87.2. The molecule has 5 fully saturated rings. The Balaban J connectivity index is 0.000000155. The number of carbonyl (C=O) groups is 5. The van der Waals surface area contributed by atoms with Crippen LogP contribution >= 0.6 is 23.2 Å². The minimum Gasteiger partial charge on any atom is -0.478 e. The Bertz CT molecular complexity index is 5280. The number of aromatic carboxylic acids is 1. The van der Waals surface area contributed by atoms with E-state index in [1.807, 2.05) is 98.5 Å². The first-order valence-electron chi connectivity index (χ1n) is 39.9. The number of aromatic nitrogens is 14. The number of ether oxygens (including phenoxy) is 2. The van der Waals surface area contributed by atoms with Crippen LogP contribution in [0.4, 0.5) is 4.79 Å². The van der Waals surface area contributed by atoms with Gasteiger partial charge in [-0.1, -0.05) is 102 Å². The molecule has 5 aromatic carbocycles. The van der Waals surface area contributed by atoms with Crippen molar-refractivity contribution in [2.24, 2.45) is 0 Å². The molecule has 11 aromatic rings. The van der Waals surface area contributed by atoms with E-state index in [1.165, 1.54) is 49.9 Å². The van der Waals surface area contributed by atoms with Crippen LogP contribution in [0.3, 0.4) is 0 Å². The van der Waals surface area contributed by atoms with Crippen molar-refractivity contribution in [1.29, 1.82) is 0 Å². The fourth-order valence-electron chi connectivity index (χ4n) is 13.8. The van der Waals surface area contributed by atoms with Crippen molar-refractivity contribution >= 4 is 63.1 Å². The number of H-pyrrole nitrogens is 1. The van der Waals surface area contributed by atoms with Crippen LogP contribution < -0.4 is 15.6 Å². The third kappa shape index (κ3) is 27.5. The lowest BCUT2D eigenvalue weighted by Gasteiger charge is -2.38. The molecule has 6 aromatic heterocycles. The van der Waals surface area contributed by atoms with E-state index in [9.17, 15) is 47.4 Å². The number of likely N-dealkylation sites (tertiary alicyclic amines) is 4. The van der Waals surface area contributed by atoms with E-state index in [4.69, 9.17) is 47.1 Å². The van der Waals surface area contributed by atoms with Gasteiger partial charge in [-0.2, -0.15) is 68.4 Å². The number of hydrogen-bond donors (Lipinski definition) is 6. The van der Waals surface area contributed by atoms with Gasteiger partial charge >= 0.3 is 12.1 Å². The molecule has 0 unspecified atom stereocenters. The number of rotatable bonds is 14. The topological polar surface area (TPSA) is 422 Å². The summed E-state index contributed by atoms with van der Waals surface area (Å²) in [6.07, 6.45) is 22.8. The number of halogens is 2. The van der Waals surface area contributed by atoms with Crippen LogP contribution in [0.25, 0.3) is 22.7 Å². The largest absolute Gasteiger partial charge is 0.478 e. The van der Waals surface area contributed by atoms with Crippen molar-refractivity contribution in [2.45, 2.75) is 166 Å². The van der Waals surface area contributed by atoms with Gasteiger partial charge in [-0.15, -0.1) is 0 Å². The van der Waals surface area contributed by atoms with Crippen molar-refractivity contribution in [3.05, 3.63) is 262 Å². The molecular formula is C85H101Cl2N19O15S. The summed E-state index contributed by atoms with van der Waals surface area (Å²) in [5.74, 6) is -0.859. The molecule has 5 aliphatic heterocycles. The van der Waals surface area contributed by atoms with E-state index < -0.39 is 34.4 Å². The number of carboxylic acids is 1. The number of para-hydroxylation sites is 4. The number of carboxylic acid groups (broad SMARTS) is 1. The molecule has 0 bridgehead atoms. The SMILES string of the molecule is C[C@@H]1CC[C@@H](Oc2cc(Cl)ccn2)CN1C(=O)c1ccccc1-n1nccn1.C[C@@H]1CC[C@H](O)CN1.C[C@@H]1CC[C@H](O)CN1C(=O)OCc1ccccc1.C[C@@H]1CC[C@H](O)CN1C(=O)c1ccccc1-n1nccn1.C[C@@H]1CC[C@H](OS(C)(=O)=O)CN1C(=O)c1ccccc1-n1nccn1.O=C(O)c1ccccc1-n1nccn1.O=c1cc(Cl)cc[nH]1. The average molecular weight is 1730 g/mol. The number of pyridine rings is 2. The highest BCUT2D eigenvalue weighted by molar-refractivity contribution is 7.86. The number of amides is 4. The number of aromatic amines is 1. The Morgan fingerprint density at radius 3 is 1.25 bits per heavy atom. The van der Waals surface area contributed by atoms with Gasteiger partial charge in [0.2, 0.25) is 11.4 Å². The summed E-state index contributed by atoms with van der Waals surface area (Å²) < 4.78 is 39.1. The Morgan fingerprint density at radius 1 is 0.451 bits per heavy atom. The van der Waals surface area contributed by atoms with Gasteiger partial charge in [0, 0.05) is 84.4 Å². The normalized spacial score (nSPS) is 20.5. The number of aliphatic hydroxyl groups excluding tert-OH is 3. The van der Waals surface area contributed by atoms with Crippen LogP contribution in [0, 0.1) is 0 Å². The number of β-amino-alcohol motifs (C(OH)–C–C–N with tert-alkyl or cyclic N) is 3. The highest BCUT2D eigenvalue weighted by Gasteiger charge is 2.36. The molecule has 0 radical (unpaired) electrons. The van der Waals surface area contributed by atoms with Crippen LogP contribution in [-0.2, 0) is 25.6 Å². The molecule has 0 saturated carbocycles. The molecule has 0 aliphatic carbocycles. The summed E-state index contributed by atoms with van der Waals surface area (Å²) in [5, 5.41) is 73.9. The lowest BCUT2D eigenvalue weighted by molar-refractivity contribution is 0.0248. The zero-order valence-electron chi connectivity index (χ0n) is 68.3.